The molecule has 1 unspecified atom stereocenters. The zero-order chi connectivity index (χ0) is 9.97. The summed E-state index contributed by atoms with van der Waals surface area (Å²) in [6, 6.07) is 6.45. The summed E-state index contributed by atoms with van der Waals surface area (Å²) >= 11 is 0. The van der Waals surface area contributed by atoms with Crippen molar-refractivity contribution in [3.8, 4) is 0 Å². The first-order valence-corrected chi connectivity index (χ1v) is 5.20. The number of nitrogens with zero attached hydrogens (tertiary/aromatic N) is 2. The molecule has 2 rings (SSSR count). The normalized spacial score (nSPS) is 22.4. The molecule has 2 N–H and O–H groups in total. The molecule has 1 aliphatic heterocycles. The molecule has 1 saturated heterocycles. The van der Waals surface area contributed by atoms with E-state index in [1.807, 2.05) is 13.0 Å². The van der Waals surface area contributed by atoms with Crippen LogP contribution in [0.15, 0.2) is 18.2 Å². The molecule has 0 aliphatic carbocycles. The van der Waals surface area contributed by atoms with E-state index in [0.29, 0.717) is 6.04 Å². The molecule has 14 heavy (non-hydrogen) atoms. The van der Waals surface area contributed by atoms with Crippen LogP contribution in [0.1, 0.15) is 18.5 Å². The molecule has 1 aromatic rings. The largest absolute Gasteiger partial charge is 0.355 e. The minimum Gasteiger partial charge on any atom is -0.355 e. The van der Waals surface area contributed by atoms with E-state index in [1.54, 1.807) is 0 Å². The zero-order valence-corrected chi connectivity index (χ0v) is 8.61. The molecule has 76 valence electrons. The highest BCUT2D eigenvalue weighted by Gasteiger charge is 2.17. The van der Waals surface area contributed by atoms with Gasteiger partial charge in [0, 0.05) is 24.8 Å². The SMILES string of the molecule is Cc1cccc(N2CCCC(N)C2)n1. The summed E-state index contributed by atoms with van der Waals surface area (Å²) in [6.07, 6.45) is 2.32. The van der Waals surface area contributed by atoms with E-state index in [-0.39, 0.29) is 0 Å². The van der Waals surface area contributed by atoms with Gasteiger partial charge in [0.1, 0.15) is 5.82 Å². The third-order valence-corrected chi connectivity index (χ3v) is 2.66. The predicted octanol–water partition coefficient (Wildman–Crippen LogP) is 1.32. The maximum atomic E-state index is 5.93. The summed E-state index contributed by atoms with van der Waals surface area (Å²) in [6.45, 7) is 4.05. The van der Waals surface area contributed by atoms with Crippen molar-refractivity contribution in [3.05, 3.63) is 23.9 Å². The van der Waals surface area contributed by atoms with Gasteiger partial charge in [-0.05, 0) is 31.9 Å². The highest BCUT2D eigenvalue weighted by atomic mass is 15.2. The van der Waals surface area contributed by atoms with Gasteiger partial charge in [-0.1, -0.05) is 6.07 Å². The van der Waals surface area contributed by atoms with Gasteiger partial charge in [0.25, 0.3) is 0 Å². The molecule has 0 spiro atoms. The maximum Gasteiger partial charge on any atom is 0.128 e. The molecule has 1 fully saturated rings. The minimum absolute atomic E-state index is 0.311. The lowest BCUT2D eigenvalue weighted by Gasteiger charge is -2.31. The molecule has 0 radical (unpaired) electrons. The van der Waals surface area contributed by atoms with Crippen LogP contribution in [0.3, 0.4) is 0 Å². The second kappa shape index (κ2) is 3.96. The van der Waals surface area contributed by atoms with Crippen molar-refractivity contribution in [2.45, 2.75) is 25.8 Å². The first-order valence-electron chi connectivity index (χ1n) is 5.20. The fourth-order valence-electron chi connectivity index (χ4n) is 1.92. The summed E-state index contributed by atoms with van der Waals surface area (Å²) in [5.74, 6) is 1.07. The Kier molecular flexibility index (Phi) is 2.68. The average Bonchev–Trinajstić information content (AvgIpc) is 2.18. The Morgan fingerprint density at radius 1 is 1.50 bits per heavy atom. The minimum atomic E-state index is 0.311. The predicted molar refractivity (Wildman–Crippen MR) is 58.4 cm³/mol. The molecular weight excluding hydrogens is 174 g/mol. The molecule has 0 bridgehead atoms. The van der Waals surface area contributed by atoms with Crippen LogP contribution in [0.25, 0.3) is 0 Å². The second-order valence-corrected chi connectivity index (χ2v) is 3.99. The van der Waals surface area contributed by atoms with E-state index >= 15 is 0 Å². The fraction of sp³-hybridized carbons (Fsp3) is 0.545. The lowest BCUT2D eigenvalue weighted by atomic mass is 10.1. The third-order valence-electron chi connectivity index (χ3n) is 2.66. The van der Waals surface area contributed by atoms with E-state index in [4.69, 9.17) is 5.73 Å². The van der Waals surface area contributed by atoms with Crippen LogP contribution in [-0.2, 0) is 0 Å². The standard InChI is InChI=1S/C11H17N3/c1-9-4-2-6-11(13-9)14-7-3-5-10(12)8-14/h2,4,6,10H,3,5,7-8,12H2,1H3. The van der Waals surface area contributed by atoms with E-state index in [9.17, 15) is 0 Å². The van der Waals surface area contributed by atoms with E-state index in [0.717, 1.165) is 31.0 Å². The zero-order valence-electron chi connectivity index (χ0n) is 8.61. The van der Waals surface area contributed by atoms with Crippen molar-refractivity contribution in [2.75, 3.05) is 18.0 Å². The third kappa shape index (κ3) is 2.04. The molecule has 0 saturated carbocycles. The second-order valence-electron chi connectivity index (χ2n) is 3.99. The molecule has 1 aromatic heterocycles. The van der Waals surface area contributed by atoms with Crippen LogP contribution in [0.4, 0.5) is 5.82 Å². The Bertz CT molecular complexity index is 311. The van der Waals surface area contributed by atoms with Crippen molar-refractivity contribution in [1.29, 1.82) is 0 Å². The first-order chi connectivity index (χ1) is 6.75. The number of aromatic nitrogens is 1. The monoisotopic (exact) mass is 191 g/mol. The van der Waals surface area contributed by atoms with Crippen LogP contribution in [0, 0.1) is 6.92 Å². The highest BCUT2D eigenvalue weighted by Crippen LogP contribution is 2.16. The molecule has 3 heteroatoms. The summed E-state index contributed by atoms with van der Waals surface area (Å²) in [5.41, 5.74) is 7.00. The fourth-order valence-corrected chi connectivity index (χ4v) is 1.92. The summed E-state index contributed by atoms with van der Waals surface area (Å²) in [7, 11) is 0. The summed E-state index contributed by atoms with van der Waals surface area (Å²) in [5, 5.41) is 0. The number of hydrogen-bond acceptors (Lipinski definition) is 3. The van der Waals surface area contributed by atoms with Crippen molar-refractivity contribution >= 4 is 5.82 Å². The number of aryl methyl sites for hydroxylation is 1. The number of pyridine rings is 1. The molecular formula is C11H17N3. The molecule has 0 amide bonds. The maximum absolute atomic E-state index is 5.93. The van der Waals surface area contributed by atoms with Gasteiger partial charge < -0.3 is 10.6 Å². The lowest BCUT2D eigenvalue weighted by molar-refractivity contribution is 0.503. The Hall–Kier alpha value is -1.09. The van der Waals surface area contributed by atoms with Crippen molar-refractivity contribution in [1.82, 2.24) is 4.98 Å². The Balaban J connectivity index is 2.14. The van der Waals surface area contributed by atoms with Gasteiger partial charge in [-0.2, -0.15) is 0 Å². The van der Waals surface area contributed by atoms with E-state index in [2.05, 4.69) is 22.0 Å². The Morgan fingerprint density at radius 3 is 3.07 bits per heavy atom. The number of nitrogens with two attached hydrogens (primary N) is 1. The van der Waals surface area contributed by atoms with Crippen LogP contribution >= 0.6 is 0 Å². The van der Waals surface area contributed by atoms with E-state index < -0.39 is 0 Å². The van der Waals surface area contributed by atoms with Crippen LogP contribution in [0.5, 0.6) is 0 Å². The number of rotatable bonds is 1. The van der Waals surface area contributed by atoms with Gasteiger partial charge in [0.05, 0.1) is 0 Å². The van der Waals surface area contributed by atoms with Crippen molar-refractivity contribution in [2.24, 2.45) is 5.73 Å². The van der Waals surface area contributed by atoms with Gasteiger partial charge in [-0.25, -0.2) is 4.98 Å². The Labute approximate surface area is 84.9 Å². The lowest BCUT2D eigenvalue weighted by Crippen LogP contribution is -2.43. The van der Waals surface area contributed by atoms with Crippen LogP contribution < -0.4 is 10.6 Å². The molecule has 2 heterocycles. The summed E-state index contributed by atoms with van der Waals surface area (Å²) < 4.78 is 0. The molecule has 0 aromatic carbocycles. The average molecular weight is 191 g/mol. The van der Waals surface area contributed by atoms with Gasteiger partial charge >= 0.3 is 0 Å². The topological polar surface area (TPSA) is 42.1 Å². The van der Waals surface area contributed by atoms with Crippen LogP contribution in [0.2, 0.25) is 0 Å². The number of anilines is 1. The quantitative estimate of drug-likeness (QED) is 0.728. The van der Waals surface area contributed by atoms with Gasteiger partial charge in [-0.3, -0.25) is 0 Å². The smallest absolute Gasteiger partial charge is 0.128 e. The molecule has 1 aliphatic rings. The van der Waals surface area contributed by atoms with Gasteiger partial charge in [0.15, 0.2) is 0 Å². The number of hydrogen-bond donors (Lipinski definition) is 1. The van der Waals surface area contributed by atoms with Crippen LogP contribution in [-0.4, -0.2) is 24.1 Å². The summed E-state index contributed by atoms with van der Waals surface area (Å²) in [4.78, 5) is 6.78. The highest BCUT2D eigenvalue weighted by molar-refractivity contribution is 5.39. The molecule has 1 atom stereocenters. The first kappa shape index (κ1) is 9.46. The van der Waals surface area contributed by atoms with Gasteiger partial charge in [-0.15, -0.1) is 0 Å². The number of piperidine rings is 1. The molecule has 3 nitrogen and oxygen atoms in total. The van der Waals surface area contributed by atoms with Crippen molar-refractivity contribution in [3.63, 3.8) is 0 Å². The van der Waals surface area contributed by atoms with Crippen molar-refractivity contribution < 1.29 is 0 Å². The van der Waals surface area contributed by atoms with Gasteiger partial charge in [0.2, 0.25) is 0 Å². The van der Waals surface area contributed by atoms with E-state index in [1.165, 1.54) is 6.42 Å². The Morgan fingerprint density at radius 2 is 2.36 bits per heavy atom.